The average molecular weight is 336 g/mol. The molecule has 0 spiro atoms. The molecule has 7 nitrogen and oxygen atoms in total. The van der Waals surface area contributed by atoms with Gasteiger partial charge in [-0.2, -0.15) is 0 Å². The number of carbonyl (C=O) groups excluding carboxylic acids is 2. The van der Waals surface area contributed by atoms with Gasteiger partial charge in [-0.15, -0.1) is 0 Å². The van der Waals surface area contributed by atoms with E-state index < -0.39 is 5.97 Å². The van der Waals surface area contributed by atoms with Crippen LogP contribution < -0.4 is 10.6 Å². The molecule has 1 aliphatic carbocycles. The summed E-state index contributed by atoms with van der Waals surface area (Å²) >= 11 is 1.52. The lowest BCUT2D eigenvalue weighted by atomic mass is 10.1. The molecule has 0 unspecified atom stereocenters. The smallest absolute Gasteiger partial charge is 0.337 e. The van der Waals surface area contributed by atoms with Gasteiger partial charge >= 0.3 is 12.0 Å². The summed E-state index contributed by atoms with van der Waals surface area (Å²) < 4.78 is 7.26. The number of rotatable bonds is 6. The zero-order valence-corrected chi connectivity index (χ0v) is 14.0. The van der Waals surface area contributed by atoms with E-state index in [4.69, 9.17) is 4.74 Å². The molecule has 1 fully saturated rings. The van der Waals surface area contributed by atoms with Crippen molar-refractivity contribution in [2.75, 3.05) is 12.4 Å². The molecule has 1 saturated carbocycles. The van der Waals surface area contributed by atoms with Crippen molar-refractivity contribution in [3.05, 3.63) is 23.7 Å². The minimum Gasteiger partial charge on any atom is -0.463 e. The summed E-state index contributed by atoms with van der Waals surface area (Å²) in [5.41, 5.74) is 1.07. The molecule has 2 amide bonds. The van der Waals surface area contributed by atoms with Crippen molar-refractivity contribution in [1.82, 2.24) is 20.2 Å². The summed E-state index contributed by atoms with van der Waals surface area (Å²) in [5, 5.41) is 6.33. The third-order valence-electron chi connectivity index (χ3n) is 3.78. The molecule has 0 aromatic carbocycles. The molecule has 3 rings (SSSR count). The van der Waals surface area contributed by atoms with Crippen LogP contribution in [0.4, 0.5) is 4.79 Å². The molecule has 1 aliphatic heterocycles. The number of ether oxygens (including phenoxy) is 1. The molecule has 0 bridgehead atoms. The Labute approximate surface area is 138 Å². The Morgan fingerprint density at radius 3 is 3.00 bits per heavy atom. The fraction of sp³-hybridized carbons (Fsp3) is 0.533. The number of aromatic nitrogens is 2. The number of urea groups is 1. The van der Waals surface area contributed by atoms with Crippen LogP contribution in [0.25, 0.3) is 0 Å². The maximum atomic E-state index is 12.2. The molecule has 2 heterocycles. The van der Waals surface area contributed by atoms with Crippen LogP contribution >= 0.6 is 11.8 Å². The quantitative estimate of drug-likeness (QED) is 0.611. The first kappa shape index (κ1) is 15.9. The Morgan fingerprint density at radius 1 is 1.52 bits per heavy atom. The molecule has 1 atom stereocenters. The minimum absolute atomic E-state index is 0.299. The van der Waals surface area contributed by atoms with Gasteiger partial charge < -0.3 is 19.9 Å². The van der Waals surface area contributed by atoms with Crippen LogP contribution in [0.3, 0.4) is 0 Å². The number of imidazole rings is 1. The molecular formula is C15H20N4O3S. The number of carbonyl (C=O) groups is 2. The Morgan fingerprint density at radius 2 is 2.30 bits per heavy atom. The first-order chi connectivity index (χ1) is 11.1. The topological polar surface area (TPSA) is 85.2 Å². The molecule has 1 aromatic heterocycles. The van der Waals surface area contributed by atoms with Crippen molar-refractivity contribution in [3.8, 4) is 0 Å². The predicted molar refractivity (Wildman–Crippen MR) is 86.0 cm³/mol. The van der Waals surface area contributed by atoms with E-state index in [-0.39, 0.29) is 12.1 Å². The van der Waals surface area contributed by atoms with Crippen LogP contribution in [0.1, 0.15) is 32.7 Å². The van der Waals surface area contributed by atoms with E-state index >= 15 is 0 Å². The maximum absolute atomic E-state index is 12.2. The van der Waals surface area contributed by atoms with Gasteiger partial charge in [-0.1, -0.05) is 11.8 Å². The standard InChI is InChI=1S/C15H20N4O3S/c1-3-22-13(20)12-9(2)17-14(21)18-11(12)8-23-15-16-6-7-19(15)10-4-5-10/h6-7,9-10H,3-5,8H2,1-2H3,(H2,17,18,21)/t9-/m0/s1. The lowest BCUT2D eigenvalue weighted by molar-refractivity contribution is -0.138. The second-order valence-corrected chi connectivity index (χ2v) is 6.51. The fourth-order valence-electron chi connectivity index (χ4n) is 2.57. The van der Waals surface area contributed by atoms with E-state index in [0.29, 0.717) is 29.7 Å². The Balaban J connectivity index is 1.78. The molecule has 1 aromatic rings. The van der Waals surface area contributed by atoms with Crippen LogP contribution in [-0.2, 0) is 9.53 Å². The number of hydrogen-bond donors (Lipinski definition) is 2. The van der Waals surface area contributed by atoms with E-state index in [1.807, 2.05) is 6.20 Å². The summed E-state index contributed by atoms with van der Waals surface area (Å²) in [7, 11) is 0. The second-order valence-electron chi connectivity index (χ2n) is 5.57. The molecular weight excluding hydrogens is 316 g/mol. The van der Waals surface area contributed by atoms with E-state index in [9.17, 15) is 9.59 Å². The molecule has 2 aliphatic rings. The van der Waals surface area contributed by atoms with E-state index in [2.05, 4.69) is 20.2 Å². The van der Waals surface area contributed by atoms with Crippen LogP contribution in [0.5, 0.6) is 0 Å². The summed E-state index contributed by atoms with van der Waals surface area (Å²) in [6.45, 7) is 3.84. The molecule has 2 N–H and O–H groups in total. The van der Waals surface area contributed by atoms with E-state index in [1.165, 1.54) is 24.6 Å². The molecule has 0 saturated heterocycles. The van der Waals surface area contributed by atoms with Crippen molar-refractivity contribution >= 4 is 23.8 Å². The molecule has 124 valence electrons. The van der Waals surface area contributed by atoms with Gasteiger partial charge in [0, 0.05) is 29.9 Å². The number of thioether (sulfide) groups is 1. The van der Waals surface area contributed by atoms with Crippen molar-refractivity contribution in [3.63, 3.8) is 0 Å². The van der Waals surface area contributed by atoms with Crippen LogP contribution in [0.2, 0.25) is 0 Å². The van der Waals surface area contributed by atoms with Crippen LogP contribution in [-0.4, -0.2) is 40.0 Å². The van der Waals surface area contributed by atoms with Crippen molar-refractivity contribution in [2.45, 2.75) is 43.9 Å². The van der Waals surface area contributed by atoms with E-state index in [1.54, 1.807) is 20.0 Å². The zero-order chi connectivity index (χ0) is 16.4. The SMILES string of the molecule is CCOC(=O)C1=C(CSc2nccn2C2CC2)NC(=O)N[C@H]1C. The molecule has 23 heavy (non-hydrogen) atoms. The maximum Gasteiger partial charge on any atom is 0.337 e. The fourth-order valence-corrected chi connectivity index (χ4v) is 3.57. The highest BCUT2D eigenvalue weighted by atomic mass is 32.2. The summed E-state index contributed by atoms with van der Waals surface area (Å²) in [6.07, 6.45) is 6.12. The minimum atomic E-state index is -0.395. The van der Waals surface area contributed by atoms with Gasteiger partial charge in [-0.3, -0.25) is 0 Å². The van der Waals surface area contributed by atoms with Crippen molar-refractivity contribution in [2.24, 2.45) is 0 Å². The third kappa shape index (κ3) is 3.52. The number of hydrogen-bond acceptors (Lipinski definition) is 5. The molecule has 8 heteroatoms. The van der Waals surface area contributed by atoms with Crippen molar-refractivity contribution in [1.29, 1.82) is 0 Å². The summed E-state index contributed by atoms with van der Waals surface area (Å²) in [4.78, 5) is 28.3. The number of amides is 2. The second kappa shape index (κ2) is 6.66. The van der Waals surface area contributed by atoms with Gasteiger partial charge in [-0.25, -0.2) is 14.6 Å². The molecule has 0 radical (unpaired) electrons. The van der Waals surface area contributed by atoms with Gasteiger partial charge in [0.25, 0.3) is 0 Å². The summed E-state index contributed by atoms with van der Waals surface area (Å²) in [6, 6.07) is -0.131. The Kier molecular flexibility index (Phi) is 4.61. The normalized spacial score (nSPS) is 21.0. The Hall–Kier alpha value is -1.96. The highest BCUT2D eigenvalue weighted by Gasteiger charge is 2.30. The highest BCUT2D eigenvalue weighted by Crippen LogP contribution is 2.38. The number of nitrogens with zero attached hydrogens (tertiary/aromatic N) is 2. The van der Waals surface area contributed by atoms with Gasteiger partial charge in [0.15, 0.2) is 5.16 Å². The van der Waals surface area contributed by atoms with Gasteiger partial charge in [0.2, 0.25) is 0 Å². The predicted octanol–water partition coefficient (Wildman–Crippen LogP) is 1.83. The van der Waals surface area contributed by atoms with Crippen LogP contribution in [0, 0.1) is 0 Å². The van der Waals surface area contributed by atoms with Crippen LogP contribution in [0.15, 0.2) is 28.8 Å². The van der Waals surface area contributed by atoms with Gasteiger partial charge in [-0.05, 0) is 26.7 Å². The average Bonchev–Trinajstić information content (AvgIpc) is 3.23. The first-order valence-corrected chi connectivity index (χ1v) is 8.72. The van der Waals surface area contributed by atoms with Gasteiger partial charge in [0.1, 0.15) is 0 Å². The number of esters is 1. The first-order valence-electron chi connectivity index (χ1n) is 7.73. The van der Waals surface area contributed by atoms with E-state index in [0.717, 1.165) is 5.16 Å². The zero-order valence-electron chi connectivity index (χ0n) is 13.2. The lowest BCUT2D eigenvalue weighted by Crippen LogP contribution is -2.49. The largest absolute Gasteiger partial charge is 0.463 e. The summed E-state index contributed by atoms with van der Waals surface area (Å²) in [5.74, 6) is 0.0731. The van der Waals surface area contributed by atoms with Gasteiger partial charge in [0.05, 0.1) is 18.2 Å². The lowest BCUT2D eigenvalue weighted by Gasteiger charge is -2.26. The monoisotopic (exact) mass is 336 g/mol. The third-order valence-corrected chi connectivity index (χ3v) is 4.79. The Bertz CT molecular complexity index is 651. The van der Waals surface area contributed by atoms with Crippen molar-refractivity contribution < 1.29 is 14.3 Å². The number of nitrogens with one attached hydrogen (secondary N) is 2. The highest BCUT2D eigenvalue weighted by molar-refractivity contribution is 7.99.